The quantitative estimate of drug-likeness (QED) is 0.463. The van der Waals surface area contributed by atoms with E-state index in [0.717, 1.165) is 24.0 Å². The monoisotopic (exact) mass is 505 g/mol. The molecule has 2 atom stereocenters. The van der Waals surface area contributed by atoms with Gasteiger partial charge in [-0.25, -0.2) is 4.79 Å². The Labute approximate surface area is 220 Å². The highest BCUT2D eigenvalue weighted by molar-refractivity contribution is 5.92. The maximum atomic E-state index is 14.1. The summed E-state index contributed by atoms with van der Waals surface area (Å²) in [5.74, 6) is -0.786. The Kier molecular flexibility index (Phi) is 9.14. The van der Waals surface area contributed by atoms with Gasteiger partial charge in [-0.1, -0.05) is 75.0 Å². The summed E-state index contributed by atoms with van der Waals surface area (Å²) in [6.45, 7) is 13.2. The Bertz CT molecular complexity index is 1100. The van der Waals surface area contributed by atoms with Gasteiger partial charge in [-0.3, -0.25) is 9.59 Å². The SMILES string of the molecule is C=Cc1cccc(C(C(=O)NCc2ccccc2)N(C(=O)C(NC(=O)OC(C)(C)C)C(C)C)C2CC2)c1. The Morgan fingerprint density at radius 2 is 1.76 bits per heavy atom. The van der Waals surface area contributed by atoms with Crippen molar-refractivity contribution in [2.24, 2.45) is 5.92 Å². The lowest BCUT2D eigenvalue weighted by atomic mass is 9.97. The molecular weight excluding hydrogens is 466 g/mol. The van der Waals surface area contributed by atoms with Crippen LogP contribution in [0.1, 0.15) is 70.2 Å². The van der Waals surface area contributed by atoms with Gasteiger partial charge in [-0.05, 0) is 62.3 Å². The van der Waals surface area contributed by atoms with Crippen LogP contribution in [-0.4, -0.2) is 40.5 Å². The average Bonchev–Trinajstić information content (AvgIpc) is 3.68. The van der Waals surface area contributed by atoms with Crippen molar-refractivity contribution in [2.45, 2.75) is 77.7 Å². The predicted octanol–water partition coefficient (Wildman–Crippen LogP) is 5.23. The fraction of sp³-hybridized carbons (Fsp3) is 0.433. The van der Waals surface area contributed by atoms with Gasteiger partial charge >= 0.3 is 6.09 Å². The standard InChI is InChI=1S/C30H39N3O4/c1-7-21-14-11-15-23(18-21)26(27(34)31-19-22-12-9-8-10-13-22)33(24-16-17-24)28(35)25(20(2)3)32-29(36)37-30(4,5)6/h7-15,18,20,24-26H,1,16-17,19H2,2-6H3,(H,31,34)(H,32,36). The summed E-state index contributed by atoms with van der Waals surface area (Å²) in [6, 6.07) is 15.4. The van der Waals surface area contributed by atoms with Crippen molar-refractivity contribution in [1.82, 2.24) is 15.5 Å². The number of alkyl carbamates (subject to hydrolysis) is 1. The summed E-state index contributed by atoms with van der Waals surface area (Å²) in [4.78, 5) is 42.1. The van der Waals surface area contributed by atoms with E-state index < -0.39 is 23.8 Å². The summed E-state index contributed by atoms with van der Waals surface area (Å²) in [7, 11) is 0. The van der Waals surface area contributed by atoms with Crippen LogP contribution >= 0.6 is 0 Å². The highest BCUT2D eigenvalue weighted by Gasteiger charge is 2.44. The number of rotatable bonds is 10. The number of nitrogens with one attached hydrogen (secondary N) is 2. The third-order valence-corrected chi connectivity index (χ3v) is 6.10. The molecule has 0 aliphatic heterocycles. The molecule has 1 fully saturated rings. The van der Waals surface area contributed by atoms with Crippen molar-refractivity contribution in [2.75, 3.05) is 0 Å². The minimum Gasteiger partial charge on any atom is -0.444 e. The third-order valence-electron chi connectivity index (χ3n) is 6.10. The van der Waals surface area contributed by atoms with Gasteiger partial charge in [0.2, 0.25) is 11.8 Å². The number of carbonyl (C=O) groups is 3. The topological polar surface area (TPSA) is 87.7 Å². The van der Waals surface area contributed by atoms with Crippen molar-refractivity contribution >= 4 is 24.0 Å². The molecule has 2 N–H and O–H groups in total. The third kappa shape index (κ3) is 7.94. The molecule has 3 rings (SSSR count). The molecule has 7 heteroatoms. The summed E-state index contributed by atoms with van der Waals surface area (Å²) in [6.07, 6.45) is 2.65. The predicted molar refractivity (Wildman–Crippen MR) is 145 cm³/mol. The molecule has 7 nitrogen and oxygen atoms in total. The molecule has 0 aromatic heterocycles. The van der Waals surface area contributed by atoms with Gasteiger partial charge in [0.25, 0.3) is 0 Å². The van der Waals surface area contributed by atoms with E-state index >= 15 is 0 Å². The van der Waals surface area contributed by atoms with Crippen LogP contribution in [0.3, 0.4) is 0 Å². The molecule has 2 aromatic rings. The molecule has 2 unspecified atom stereocenters. The minimum atomic E-state index is -0.856. The lowest BCUT2D eigenvalue weighted by Crippen LogP contribution is -2.55. The van der Waals surface area contributed by atoms with E-state index in [4.69, 9.17) is 4.74 Å². The molecule has 3 amide bonds. The van der Waals surface area contributed by atoms with Crippen molar-refractivity contribution in [3.05, 3.63) is 77.9 Å². The Morgan fingerprint density at radius 1 is 1.08 bits per heavy atom. The van der Waals surface area contributed by atoms with Gasteiger partial charge in [0.1, 0.15) is 17.7 Å². The maximum Gasteiger partial charge on any atom is 0.408 e. The van der Waals surface area contributed by atoms with E-state index in [1.165, 1.54) is 0 Å². The number of ether oxygens (including phenoxy) is 1. The lowest BCUT2D eigenvalue weighted by molar-refractivity contribution is -0.144. The van der Waals surface area contributed by atoms with E-state index in [9.17, 15) is 14.4 Å². The minimum absolute atomic E-state index is 0.0888. The van der Waals surface area contributed by atoms with Crippen LogP contribution < -0.4 is 10.6 Å². The van der Waals surface area contributed by atoms with Crippen LogP contribution in [-0.2, 0) is 20.9 Å². The van der Waals surface area contributed by atoms with Gasteiger partial charge in [-0.2, -0.15) is 0 Å². The maximum absolute atomic E-state index is 14.1. The number of nitrogens with zero attached hydrogens (tertiary/aromatic N) is 1. The average molecular weight is 506 g/mol. The second-order valence-electron chi connectivity index (χ2n) is 10.8. The first-order valence-corrected chi connectivity index (χ1v) is 12.9. The fourth-order valence-electron chi connectivity index (χ4n) is 4.16. The van der Waals surface area contributed by atoms with E-state index in [1.54, 1.807) is 31.7 Å². The number of amides is 3. The van der Waals surface area contributed by atoms with Crippen LogP contribution in [0, 0.1) is 5.92 Å². The van der Waals surface area contributed by atoms with Crippen molar-refractivity contribution in [3.63, 3.8) is 0 Å². The fourth-order valence-corrected chi connectivity index (χ4v) is 4.16. The first kappa shape index (κ1) is 28.0. The number of carbonyl (C=O) groups excluding carboxylic acids is 3. The molecule has 1 aliphatic rings. The molecule has 1 aliphatic carbocycles. The molecule has 0 radical (unpaired) electrons. The molecule has 37 heavy (non-hydrogen) atoms. The molecule has 0 bridgehead atoms. The van der Waals surface area contributed by atoms with Gasteiger partial charge in [0.05, 0.1) is 0 Å². The van der Waals surface area contributed by atoms with Crippen LogP contribution in [0.2, 0.25) is 0 Å². The van der Waals surface area contributed by atoms with Crippen molar-refractivity contribution in [1.29, 1.82) is 0 Å². The van der Waals surface area contributed by atoms with Gasteiger partial charge in [0, 0.05) is 12.6 Å². The summed E-state index contributed by atoms with van der Waals surface area (Å²) in [5, 5.41) is 5.78. The van der Waals surface area contributed by atoms with Gasteiger partial charge in [0.15, 0.2) is 0 Å². The van der Waals surface area contributed by atoms with Gasteiger partial charge < -0.3 is 20.3 Å². The lowest BCUT2D eigenvalue weighted by Gasteiger charge is -2.36. The zero-order valence-electron chi connectivity index (χ0n) is 22.5. The molecular formula is C30H39N3O4. The Morgan fingerprint density at radius 3 is 2.32 bits per heavy atom. The highest BCUT2D eigenvalue weighted by atomic mass is 16.6. The second kappa shape index (κ2) is 12.1. The van der Waals surface area contributed by atoms with E-state index in [0.29, 0.717) is 12.1 Å². The summed E-state index contributed by atoms with van der Waals surface area (Å²) in [5.41, 5.74) is 1.82. The van der Waals surface area contributed by atoms with Crippen LogP contribution in [0.25, 0.3) is 6.08 Å². The van der Waals surface area contributed by atoms with Crippen LogP contribution in [0.4, 0.5) is 4.79 Å². The molecule has 0 spiro atoms. The van der Waals surface area contributed by atoms with E-state index in [-0.39, 0.29) is 23.8 Å². The zero-order chi connectivity index (χ0) is 27.2. The Hall–Kier alpha value is -3.61. The summed E-state index contributed by atoms with van der Waals surface area (Å²) < 4.78 is 5.42. The zero-order valence-corrected chi connectivity index (χ0v) is 22.5. The van der Waals surface area contributed by atoms with Gasteiger partial charge in [-0.15, -0.1) is 0 Å². The second-order valence-corrected chi connectivity index (χ2v) is 10.8. The number of hydrogen-bond donors (Lipinski definition) is 2. The first-order valence-electron chi connectivity index (χ1n) is 12.9. The molecule has 0 saturated heterocycles. The number of hydrogen-bond acceptors (Lipinski definition) is 4. The Balaban J connectivity index is 1.95. The summed E-state index contributed by atoms with van der Waals surface area (Å²) >= 11 is 0. The van der Waals surface area contributed by atoms with Crippen LogP contribution in [0.5, 0.6) is 0 Å². The normalized spacial score (nSPS) is 14.9. The van der Waals surface area contributed by atoms with E-state index in [2.05, 4.69) is 17.2 Å². The molecule has 1 saturated carbocycles. The first-order chi connectivity index (χ1) is 17.5. The largest absolute Gasteiger partial charge is 0.444 e. The molecule has 2 aromatic carbocycles. The molecule has 198 valence electrons. The van der Waals surface area contributed by atoms with Crippen molar-refractivity contribution < 1.29 is 19.1 Å². The number of benzene rings is 2. The van der Waals surface area contributed by atoms with E-state index in [1.807, 2.05) is 68.4 Å². The smallest absolute Gasteiger partial charge is 0.408 e. The highest BCUT2D eigenvalue weighted by Crippen LogP contribution is 2.36. The van der Waals surface area contributed by atoms with Crippen molar-refractivity contribution in [3.8, 4) is 0 Å². The molecule has 0 heterocycles. The van der Waals surface area contributed by atoms with Crippen LogP contribution in [0.15, 0.2) is 61.2 Å².